The third kappa shape index (κ3) is 4.31. The van der Waals surface area contributed by atoms with Crippen LogP contribution in [0.4, 0.5) is 0 Å². The monoisotopic (exact) mass is 174 g/mol. The highest BCUT2D eigenvalue weighted by Gasteiger charge is 1.99. The van der Waals surface area contributed by atoms with E-state index in [0.29, 0.717) is 0 Å². The molecule has 0 radical (unpaired) electrons. The standard InChI is InChI=1S/C8H18N2O2/c1-5-10(6-2)7-9-8(11-3)12-4/h7-8H,5-6H2,1-4H3. The molecule has 4 nitrogen and oxygen atoms in total. The molecule has 0 aromatic rings. The van der Waals surface area contributed by atoms with E-state index in [1.807, 2.05) is 0 Å². The van der Waals surface area contributed by atoms with E-state index in [2.05, 4.69) is 23.7 Å². The van der Waals surface area contributed by atoms with E-state index in [4.69, 9.17) is 9.47 Å². The van der Waals surface area contributed by atoms with Crippen LogP contribution < -0.4 is 0 Å². The average Bonchev–Trinajstić information content (AvgIpc) is 2.13. The molecule has 4 heteroatoms. The van der Waals surface area contributed by atoms with Crippen LogP contribution in [-0.4, -0.2) is 45.0 Å². The van der Waals surface area contributed by atoms with Crippen molar-refractivity contribution in [2.24, 2.45) is 4.99 Å². The molecule has 0 amide bonds. The van der Waals surface area contributed by atoms with Crippen molar-refractivity contribution in [3.8, 4) is 0 Å². The van der Waals surface area contributed by atoms with Gasteiger partial charge in [0.25, 0.3) is 6.41 Å². The van der Waals surface area contributed by atoms with Gasteiger partial charge in [0.1, 0.15) is 0 Å². The summed E-state index contributed by atoms with van der Waals surface area (Å²) >= 11 is 0. The summed E-state index contributed by atoms with van der Waals surface area (Å²) in [6.07, 6.45) is 1.27. The van der Waals surface area contributed by atoms with E-state index >= 15 is 0 Å². The maximum absolute atomic E-state index is 4.89. The summed E-state index contributed by atoms with van der Waals surface area (Å²) < 4.78 is 9.78. The number of methoxy groups -OCH3 is 2. The number of ether oxygens (including phenoxy) is 2. The topological polar surface area (TPSA) is 34.1 Å². The van der Waals surface area contributed by atoms with Crippen LogP contribution in [0.15, 0.2) is 4.99 Å². The molecule has 0 unspecified atom stereocenters. The fourth-order valence-electron chi connectivity index (χ4n) is 0.754. The maximum Gasteiger partial charge on any atom is 0.259 e. The van der Waals surface area contributed by atoms with E-state index in [9.17, 15) is 0 Å². The fraction of sp³-hybridized carbons (Fsp3) is 0.875. The Morgan fingerprint density at radius 2 is 1.75 bits per heavy atom. The van der Waals surface area contributed by atoms with Crippen LogP contribution in [0.25, 0.3) is 0 Å². The normalized spacial score (nSPS) is 11.4. The van der Waals surface area contributed by atoms with Crippen LogP contribution in [0.1, 0.15) is 13.8 Å². The summed E-state index contributed by atoms with van der Waals surface area (Å²) in [6.45, 7) is 6.04. The summed E-state index contributed by atoms with van der Waals surface area (Å²) in [6, 6.07) is 0. The molecule has 72 valence electrons. The highest BCUT2D eigenvalue weighted by atomic mass is 16.7. The molecule has 12 heavy (non-hydrogen) atoms. The second kappa shape index (κ2) is 7.06. The van der Waals surface area contributed by atoms with Gasteiger partial charge in [0, 0.05) is 27.3 Å². The average molecular weight is 174 g/mol. The predicted molar refractivity (Wildman–Crippen MR) is 49.2 cm³/mol. The van der Waals surface area contributed by atoms with Crippen molar-refractivity contribution in [3.63, 3.8) is 0 Å². The van der Waals surface area contributed by atoms with Gasteiger partial charge in [-0.15, -0.1) is 0 Å². The molecule has 0 fully saturated rings. The van der Waals surface area contributed by atoms with Crippen molar-refractivity contribution >= 4 is 6.34 Å². The number of hydrogen-bond donors (Lipinski definition) is 0. The van der Waals surface area contributed by atoms with Crippen molar-refractivity contribution in [1.82, 2.24) is 4.90 Å². The molecule has 0 aromatic carbocycles. The molecule has 0 aromatic heterocycles. The summed E-state index contributed by atoms with van der Waals surface area (Å²) in [5.41, 5.74) is 0. The molecule has 0 rings (SSSR count). The molecule has 0 bridgehead atoms. The first-order valence-electron chi connectivity index (χ1n) is 4.11. The van der Waals surface area contributed by atoms with Gasteiger partial charge in [-0.3, -0.25) is 0 Å². The lowest BCUT2D eigenvalue weighted by molar-refractivity contribution is -0.0947. The molecular weight excluding hydrogens is 156 g/mol. The number of aliphatic imine (C=N–C) groups is 1. The first kappa shape index (κ1) is 11.4. The van der Waals surface area contributed by atoms with Gasteiger partial charge in [-0.25, -0.2) is 4.99 Å². The number of hydrogen-bond acceptors (Lipinski definition) is 3. The Balaban J connectivity index is 3.83. The highest BCUT2D eigenvalue weighted by molar-refractivity contribution is 5.54. The molecule has 0 aliphatic carbocycles. The number of nitrogens with zero attached hydrogens (tertiary/aromatic N) is 2. The van der Waals surface area contributed by atoms with Crippen molar-refractivity contribution in [2.45, 2.75) is 20.3 Å². The molecule has 0 N–H and O–H groups in total. The first-order chi connectivity index (χ1) is 5.78. The lowest BCUT2D eigenvalue weighted by atomic mass is 10.6. The minimum atomic E-state index is -0.481. The SMILES string of the molecule is CCN(C=NC(OC)OC)CC. The van der Waals surface area contributed by atoms with Gasteiger partial charge in [-0.05, 0) is 13.8 Å². The molecule has 0 heterocycles. The van der Waals surface area contributed by atoms with Crippen LogP contribution in [0.2, 0.25) is 0 Å². The summed E-state index contributed by atoms with van der Waals surface area (Å²) in [7, 11) is 3.13. The Morgan fingerprint density at radius 3 is 2.08 bits per heavy atom. The fourth-order valence-corrected chi connectivity index (χ4v) is 0.754. The van der Waals surface area contributed by atoms with Crippen molar-refractivity contribution in [2.75, 3.05) is 27.3 Å². The zero-order valence-electron chi connectivity index (χ0n) is 8.28. The Bertz CT molecular complexity index is 106. The first-order valence-corrected chi connectivity index (χ1v) is 4.11. The van der Waals surface area contributed by atoms with Gasteiger partial charge < -0.3 is 14.4 Å². The molecule has 0 atom stereocenters. The van der Waals surface area contributed by atoms with Crippen LogP contribution >= 0.6 is 0 Å². The largest absolute Gasteiger partial charge is 0.363 e. The summed E-state index contributed by atoms with van der Waals surface area (Å²) in [5, 5.41) is 0. The van der Waals surface area contributed by atoms with Gasteiger partial charge in [-0.1, -0.05) is 0 Å². The van der Waals surface area contributed by atoms with Crippen LogP contribution in [-0.2, 0) is 9.47 Å². The molecular formula is C8H18N2O2. The third-order valence-corrected chi connectivity index (χ3v) is 1.57. The Labute approximate surface area is 74.2 Å². The zero-order chi connectivity index (χ0) is 9.40. The zero-order valence-corrected chi connectivity index (χ0v) is 8.28. The van der Waals surface area contributed by atoms with Gasteiger partial charge in [-0.2, -0.15) is 0 Å². The van der Waals surface area contributed by atoms with Crippen LogP contribution in [0.3, 0.4) is 0 Å². The van der Waals surface area contributed by atoms with Gasteiger partial charge >= 0.3 is 0 Å². The van der Waals surface area contributed by atoms with Crippen LogP contribution in [0.5, 0.6) is 0 Å². The van der Waals surface area contributed by atoms with Crippen LogP contribution in [0, 0.1) is 0 Å². The highest BCUT2D eigenvalue weighted by Crippen LogP contribution is 1.92. The van der Waals surface area contributed by atoms with Gasteiger partial charge in [0.2, 0.25) is 0 Å². The van der Waals surface area contributed by atoms with Crippen molar-refractivity contribution < 1.29 is 9.47 Å². The second-order valence-electron chi connectivity index (χ2n) is 2.26. The second-order valence-corrected chi connectivity index (χ2v) is 2.26. The minimum Gasteiger partial charge on any atom is -0.363 e. The molecule has 0 aliphatic rings. The lowest BCUT2D eigenvalue weighted by Crippen LogP contribution is -2.22. The van der Waals surface area contributed by atoms with E-state index in [1.165, 1.54) is 0 Å². The van der Waals surface area contributed by atoms with E-state index in [-0.39, 0.29) is 0 Å². The van der Waals surface area contributed by atoms with Gasteiger partial charge in [0.05, 0.1) is 6.34 Å². The Hall–Kier alpha value is -0.610. The van der Waals surface area contributed by atoms with Crippen molar-refractivity contribution in [1.29, 1.82) is 0 Å². The van der Waals surface area contributed by atoms with E-state index < -0.39 is 6.41 Å². The third-order valence-electron chi connectivity index (χ3n) is 1.57. The quantitative estimate of drug-likeness (QED) is 0.341. The summed E-state index contributed by atoms with van der Waals surface area (Å²) in [4.78, 5) is 6.12. The molecule has 0 saturated carbocycles. The minimum absolute atomic E-state index is 0.481. The maximum atomic E-state index is 4.89. The lowest BCUT2D eigenvalue weighted by Gasteiger charge is -2.15. The number of rotatable bonds is 6. The molecule has 0 aliphatic heterocycles. The Kier molecular flexibility index (Phi) is 6.70. The van der Waals surface area contributed by atoms with Crippen molar-refractivity contribution in [3.05, 3.63) is 0 Å². The van der Waals surface area contributed by atoms with E-state index in [1.54, 1.807) is 20.6 Å². The smallest absolute Gasteiger partial charge is 0.259 e. The van der Waals surface area contributed by atoms with Gasteiger partial charge in [0.15, 0.2) is 0 Å². The summed E-state index contributed by atoms with van der Waals surface area (Å²) in [5.74, 6) is 0. The van der Waals surface area contributed by atoms with E-state index in [0.717, 1.165) is 13.1 Å². The Morgan fingerprint density at radius 1 is 1.25 bits per heavy atom. The predicted octanol–water partition coefficient (Wildman–Crippen LogP) is 0.933. The molecule has 0 spiro atoms. The molecule has 0 saturated heterocycles.